The first-order chi connectivity index (χ1) is 9.63. The zero-order chi connectivity index (χ0) is 14.4. The molecule has 0 amide bonds. The number of hydrogen-bond acceptors (Lipinski definition) is 3. The molecule has 1 unspecified atom stereocenters. The van der Waals surface area contributed by atoms with Crippen LogP contribution in [0.4, 0.5) is 0 Å². The van der Waals surface area contributed by atoms with Crippen molar-refractivity contribution in [2.24, 2.45) is 5.41 Å². The van der Waals surface area contributed by atoms with Gasteiger partial charge in [-0.05, 0) is 49.0 Å². The Morgan fingerprint density at radius 2 is 2.15 bits per heavy atom. The molecule has 1 heterocycles. The van der Waals surface area contributed by atoms with E-state index in [9.17, 15) is 0 Å². The fraction of sp³-hybridized carbons (Fsp3) is 0.625. The minimum atomic E-state index is 0.199. The van der Waals surface area contributed by atoms with Gasteiger partial charge in [-0.3, -0.25) is 0 Å². The Morgan fingerprint density at radius 3 is 2.80 bits per heavy atom. The molecule has 0 aliphatic carbocycles. The molecule has 20 heavy (non-hydrogen) atoms. The van der Waals surface area contributed by atoms with Crippen molar-refractivity contribution in [1.29, 1.82) is 0 Å². The van der Waals surface area contributed by atoms with E-state index in [2.05, 4.69) is 23.6 Å². The van der Waals surface area contributed by atoms with Crippen LogP contribution in [0.1, 0.15) is 31.4 Å². The predicted molar refractivity (Wildman–Crippen MR) is 84.3 cm³/mol. The molecular formula is C16H25ClN2O. The third kappa shape index (κ3) is 4.45. The van der Waals surface area contributed by atoms with Gasteiger partial charge in [-0.15, -0.1) is 0 Å². The molecule has 0 aromatic heterocycles. The highest BCUT2D eigenvalue weighted by Gasteiger charge is 2.27. The van der Waals surface area contributed by atoms with Gasteiger partial charge in [0.05, 0.1) is 12.6 Å². The second kappa shape index (κ2) is 7.41. The Morgan fingerprint density at radius 1 is 1.40 bits per heavy atom. The van der Waals surface area contributed by atoms with E-state index in [1.165, 1.54) is 18.4 Å². The van der Waals surface area contributed by atoms with E-state index in [4.69, 9.17) is 16.3 Å². The van der Waals surface area contributed by atoms with Crippen LogP contribution in [0, 0.1) is 5.41 Å². The van der Waals surface area contributed by atoms with Crippen molar-refractivity contribution in [3.8, 4) is 0 Å². The first-order valence-corrected chi connectivity index (χ1v) is 7.69. The Balaban J connectivity index is 1.98. The summed E-state index contributed by atoms with van der Waals surface area (Å²) in [5.41, 5.74) is 1.56. The molecule has 1 aliphatic rings. The molecule has 112 valence electrons. The Labute approximate surface area is 127 Å². The molecule has 2 rings (SSSR count). The summed E-state index contributed by atoms with van der Waals surface area (Å²) in [4.78, 5) is 0. The molecule has 1 aliphatic heterocycles. The van der Waals surface area contributed by atoms with E-state index >= 15 is 0 Å². The Hall–Kier alpha value is -0.610. The molecule has 0 bridgehead atoms. The first-order valence-electron chi connectivity index (χ1n) is 7.31. The van der Waals surface area contributed by atoms with E-state index in [0.29, 0.717) is 12.0 Å². The molecule has 0 saturated carbocycles. The van der Waals surface area contributed by atoms with E-state index in [1.807, 2.05) is 18.2 Å². The highest BCUT2D eigenvalue weighted by Crippen LogP contribution is 2.28. The molecule has 1 aromatic rings. The summed E-state index contributed by atoms with van der Waals surface area (Å²) >= 11 is 6.09. The number of piperidine rings is 1. The fourth-order valence-corrected chi connectivity index (χ4v) is 2.94. The molecule has 3 nitrogen and oxygen atoms in total. The van der Waals surface area contributed by atoms with Crippen LogP contribution in [0.15, 0.2) is 24.3 Å². The SMILES string of the molecule is COCC(NCC1(C)CCNCC1)c1cccc(Cl)c1. The monoisotopic (exact) mass is 296 g/mol. The minimum absolute atomic E-state index is 0.199. The molecule has 4 heteroatoms. The van der Waals surface area contributed by atoms with E-state index in [0.717, 1.165) is 24.7 Å². The first kappa shape index (κ1) is 15.8. The topological polar surface area (TPSA) is 33.3 Å². The van der Waals surface area contributed by atoms with Crippen LogP contribution in [0.5, 0.6) is 0 Å². The van der Waals surface area contributed by atoms with Crippen LogP contribution in [0.3, 0.4) is 0 Å². The smallest absolute Gasteiger partial charge is 0.0657 e. The molecule has 1 fully saturated rings. The van der Waals surface area contributed by atoms with Crippen molar-refractivity contribution in [1.82, 2.24) is 10.6 Å². The van der Waals surface area contributed by atoms with Gasteiger partial charge < -0.3 is 15.4 Å². The number of nitrogens with one attached hydrogen (secondary N) is 2. The van der Waals surface area contributed by atoms with Crippen molar-refractivity contribution in [3.63, 3.8) is 0 Å². The quantitative estimate of drug-likeness (QED) is 0.847. The zero-order valence-electron chi connectivity index (χ0n) is 12.4. The van der Waals surface area contributed by atoms with Gasteiger partial charge >= 0.3 is 0 Å². The molecular weight excluding hydrogens is 272 g/mol. The third-order valence-electron chi connectivity index (χ3n) is 4.17. The third-order valence-corrected chi connectivity index (χ3v) is 4.41. The lowest BCUT2D eigenvalue weighted by Gasteiger charge is -2.35. The van der Waals surface area contributed by atoms with Crippen LogP contribution in [-0.2, 0) is 4.74 Å². The molecule has 1 atom stereocenters. The van der Waals surface area contributed by atoms with Crippen LogP contribution in [-0.4, -0.2) is 33.4 Å². The molecule has 1 saturated heterocycles. The van der Waals surface area contributed by atoms with Crippen LogP contribution in [0.2, 0.25) is 5.02 Å². The lowest BCUT2D eigenvalue weighted by molar-refractivity contribution is 0.148. The molecule has 2 N–H and O–H groups in total. The van der Waals surface area contributed by atoms with E-state index in [-0.39, 0.29) is 6.04 Å². The van der Waals surface area contributed by atoms with Gasteiger partial charge in [0.15, 0.2) is 0 Å². The van der Waals surface area contributed by atoms with Gasteiger partial charge in [0.2, 0.25) is 0 Å². The number of hydrogen-bond donors (Lipinski definition) is 2. The maximum Gasteiger partial charge on any atom is 0.0657 e. The van der Waals surface area contributed by atoms with Gasteiger partial charge in [0.25, 0.3) is 0 Å². The molecule has 0 radical (unpaired) electrons. The number of rotatable bonds is 6. The maximum absolute atomic E-state index is 6.09. The highest BCUT2D eigenvalue weighted by atomic mass is 35.5. The standard InChI is InChI=1S/C16H25ClN2O/c1-16(6-8-18-9-7-16)12-19-15(11-20-2)13-4-3-5-14(17)10-13/h3-5,10,15,18-19H,6-9,11-12H2,1-2H3. The van der Waals surface area contributed by atoms with Gasteiger partial charge in [-0.1, -0.05) is 30.7 Å². The lowest BCUT2D eigenvalue weighted by Crippen LogP contribution is -2.42. The van der Waals surface area contributed by atoms with E-state index in [1.54, 1.807) is 7.11 Å². The predicted octanol–water partition coefficient (Wildman–Crippen LogP) is 3.01. The largest absolute Gasteiger partial charge is 0.383 e. The van der Waals surface area contributed by atoms with Crippen LogP contribution < -0.4 is 10.6 Å². The normalized spacial score (nSPS) is 19.8. The Bertz CT molecular complexity index is 419. The van der Waals surface area contributed by atoms with Gasteiger partial charge in [-0.25, -0.2) is 0 Å². The van der Waals surface area contributed by atoms with Crippen molar-refractivity contribution in [3.05, 3.63) is 34.9 Å². The fourth-order valence-electron chi connectivity index (χ4n) is 2.74. The minimum Gasteiger partial charge on any atom is -0.383 e. The van der Waals surface area contributed by atoms with Gasteiger partial charge in [0, 0.05) is 18.7 Å². The van der Waals surface area contributed by atoms with Crippen molar-refractivity contribution < 1.29 is 4.74 Å². The number of benzene rings is 1. The van der Waals surface area contributed by atoms with Crippen molar-refractivity contribution >= 4 is 11.6 Å². The number of ether oxygens (including phenoxy) is 1. The van der Waals surface area contributed by atoms with Crippen LogP contribution in [0.25, 0.3) is 0 Å². The summed E-state index contributed by atoms with van der Waals surface area (Å²) in [7, 11) is 1.74. The summed E-state index contributed by atoms with van der Waals surface area (Å²) in [6, 6.07) is 8.22. The van der Waals surface area contributed by atoms with Crippen LogP contribution >= 0.6 is 11.6 Å². The van der Waals surface area contributed by atoms with E-state index < -0.39 is 0 Å². The highest BCUT2D eigenvalue weighted by molar-refractivity contribution is 6.30. The number of methoxy groups -OCH3 is 1. The second-order valence-electron chi connectivity index (χ2n) is 6.00. The summed E-state index contributed by atoms with van der Waals surface area (Å²) in [6.45, 7) is 6.27. The van der Waals surface area contributed by atoms with Crippen molar-refractivity contribution in [2.45, 2.75) is 25.8 Å². The summed E-state index contributed by atoms with van der Waals surface area (Å²) in [5.74, 6) is 0. The molecule has 1 aromatic carbocycles. The summed E-state index contributed by atoms with van der Waals surface area (Å²) in [5, 5.41) is 7.86. The van der Waals surface area contributed by atoms with Gasteiger partial charge in [0.1, 0.15) is 0 Å². The van der Waals surface area contributed by atoms with Gasteiger partial charge in [-0.2, -0.15) is 0 Å². The average Bonchev–Trinajstić information content (AvgIpc) is 2.44. The average molecular weight is 297 g/mol. The van der Waals surface area contributed by atoms with Crippen molar-refractivity contribution in [2.75, 3.05) is 33.4 Å². The summed E-state index contributed by atoms with van der Waals surface area (Å²) < 4.78 is 5.35. The Kier molecular flexibility index (Phi) is 5.85. The number of halogens is 1. The summed E-state index contributed by atoms with van der Waals surface area (Å²) in [6.07, 6.45) is 2.44. The molecule has 0 spiro atoms. The lowest BCUT2D eigenvalue weighted by atomic mass is 9.81. The maximum atomic E-state index is 6.09. The zero-order valence-corrected chi connectivity index (χ0v) is 13.2. The second-order valence-corrected chi connectivity index (χ2v) is 6.44.